The van der Waals surface area contributed by atoms with Crippen LogP contribution in [0.4, 0.5) is 0 Å². The first-order valence-corrected chi connectivity index (χ1v) is 25.9. The normalized spacial score (nSPS) is 13.0. The summed E-state index contributed by atoms with van der Waals surface area (Å²) in [5, 5.41) is 0. The first-order valence-electron chi connectivity index (χ1n) is 25.9. The molecule has 362 valence electrons. The van der Waals surface area contributed by atoms with Crippen molar-refractivity contribution in [1.82, 2.24) is 0 Å². The number of unbranched alkanes of at least 4 members (excludes halogenated alkanes) is 18. The fourth-order valence-corrected chi connectivity index (χ4v) is 6.72. The maximum atomic E-state index is 12.8. The van der Waals surface area contributed by atoms with Gasteiger partial charge in [-0.2, -0.15) is 0 Å². The molecule has 0 aromatic heterocycles. The van der Waals surface area contributed by atoms with Crippen LogP contribution in [0.2, 0.25) is 0 Å². The molecule has 0 aliphatic carbocycles. The summed E-state index contributed by atoms with van der Waals surface area (Å²) in [7, 11) is 0. The van der Waals surface area contributed by atoms with E-state index in [0.29, 0.717) is 6.42 Å². The van der Waals surface area contributed by atoms with Crippen LogP contribution in [0.1, 0.15) is 220 Å². The van der Waals surface area contributed by atoms with Gasteiger partial charge in [-0.05, 0) is 96.3 Å². The number of carbonyl (C=O) groups is 3. The number of allylic oxidation sites excluding steroid dienone is 17. The topological polar surface area (TPSA) is 78.9 Å². The standard InChI is InChI=1S/C58H94O6/c1-4-7-10-13-16-19-21-23-25-27-29-31-32-34-36-39-42-45-48-51-57(60)63-54-55(53-62-56(59)50-47-44-41-38-18-15-12-9-6-3)64-58(61)52-49-46-43-40-37-35-33-30-28-26-24-22-20-17-14-11-8-5-2/h7,9-10,12,16,18-19,23,25-26,28-31,33,38,44,47,55H,4-6,8,11,13-15,17,20-22,24,27,32,34-37,39-43,45-46,48-54H2,1-3H3/b10-7-,12-9-,19-16-,25-23-,28-26-,31-29-,33-30-,38-18-,47-44-. The van der Waals surface area contributed by atoms with Crippen LogP contribution in [-0.4, -0.2) is 37.2 Å². The first-order chi connectivity index (χ1) is 31.5. The zero-order valence-corrected chi connectivity index (χ0v) is 41.3. The molecular weight excluding hydrogens is 793 g/mol. The van der Waals surface area contributed by atoms with Gasteiger partial charge in [0.05, 0.1) is 6.42 Å². The zero-order valence-electron chi connectivity index (χ0n) is 41.3. The van der Waals surface area contributed by atoms with Crippen LogP contribution in [-0.2, 0) is 28.6 Å². The SMILES string of the molecule is CC/C=C\C/C=C\C/C=C\C/C=C\CCCCCCCCC(=O)OCC(COC(=O)C/C=C\C/C=C\C/C=C\CC)OC(=O)CCCCCCC/C=C\C=C/CCCCCCCCC. The van der Waals surface area contributed by atoms with Crippen molar-refractivity contribution in [3.05, 3.63) is 109 Å². The molecule has 6 nitrogen and oxygen atoms in total. The summed E-state index contributed by atoms with van der Waals surface area (Å²) in [5.41, 5.74) is 0. The number of hydrogen-bond acceptors (Lipinski definition) is 6. The fourth-order valence-electron chi connectivity index (χ4n) is 6.72. The average molecular weight is 887 g/mol. The molecule has 0 aromatic rings. The highest BCUT2D eigenvalue weighted by Gasteiger charge is 2.19. The third-order valence-corrected chi connectivity index (χ3v) is 10.6. The summed E-state index contributed by atoms with van der Waals surface area (Å²) in [5.74, 6) is -1.08. The van der Waals surface area contributed by atoms with Crippen LogP contribution in [0, 0.1) is 0 Å². The predicted octanol–water partition coefficient (Wildman–Crippen LogP) is 17.1. The Morgan fingerprint density at radius 3 is 1.19 bits per heavy atom. The van der Waals surface area contributed by atoms with E-state index >= 15 is 0 Å². The molecule has 0 saturated heterocycles. The second-order valence-corrected chi connectivity index (χ2v) is 16.7. The summed E-state index contributed by atoms with van der Waals surface area (Å²) < 4.78 is 16.6. The fraction of sp³-hybridized carbons (Fsp3) is 0.638. The monoisotopic (exact) mass is 887 g/mol. The summed E-state index contributed by atoms with van der Waals surface area (Å²) in [6.45, 7) is 6.27. The van der Waals surface area contributed by atoms with E-state index in [1.54, 1.807) is 6.08 Å². The van der Waals surface area contributed by atoms with Gasteiger partial charge in [0.25, 0.3) is 0 Å². The van der Waals surface area contributed by atoms with Crippen LogP contribution in [0.5, 0.6) is 0 Å². The highest BCUT2D eigenvalue weighted by atomic mass is 16.6. The van der Waals surface area contributed by atoms with E-state index in [4.69, 9.17) is 14.2 Å². The van der Waals surface area contributed by atoms with Crippen LogP contribution < -0.4 is 0 Å². The van der Waals surface area contributed by atoms with Gasteiger partial charge in [0.2, 0.25) is 0 Å². The Hall–Kier alpha value is -3.93. The Kier molecular flexibility index (Phi) is 48.5. The summed E-state index contributed by atoms with van der Waals surface area (Å²) >= 11 is 0. The van der Waals surface area contributed by atoms with Crippen molar-refractivity contribution in [2.24, 2.45) is 0 Å². The maximum absolute atomic E-state index is 12.8. The van der Waals surface area contributed by atoms with Crippen molar-refractivity contribution >= 4 is 17.9 Å². The van der Waals surface area contributed by atoms with Gasteiger partial charge in [0.1, 0.15) is 13.2 Å². The van der Waals surface area contributed by atoms with Crippen molar-refractivity contribution in [3.8, 4) is 0 Å². The Labute approximate surface area is 393 Å². The van der Waals surface area contributed by atoms with Crippen LogP contribution in [0.3, 0.4) is 0 Å². The quantitative estimate of drug-likeness (QED) is 0.0199. The molecule has 0 N–H and O–H groups in total. The summed E-state index contributed by atoms with van der Waals surface area (Å²) in [6.07, 6.45) is 69.7. The van der Waals surface area contributed by atoms with Gasteiger partial charge in [-0.15, -0.1) is 0 Å². The van der Waals surface area contributed by atoms with Crippen molar-refractivity contribution in [1.29, 1.82) is 0 Å². The second kappa shape index (κ2) is 51.7. The molecule has 0 bridgehead atoms. The van der Waals surface area contributed by atoms with Crippen molar-refractivity contribution in [2.45, 2.75) is 226 Å². The molecule has 64 heavy (non-hydrogen) atoms. The van der Waals surface area contributed by atoms with Crippen LogP contribution >= 0.6 is 0 Å². The highest BCUT2D eigenvalue weighted by molar-refractivity contribution is 5.72. The number of ether oxygens (including phenoxy) is 3. The molecule has 0 heterocycles. The van der Waals surface area contributed by atoms with E-state index in [1.165, 1.54) is 64.2 Å². The Morgan fingerprint density at radius 1 is 0.359 bits per heavy atom. The van der Waals surface area contributed by atoms with E-state index < -0.39 is 12.1 Å². The lowest BCUT2D eigenvalue weighted by atomic mass is 10.1. The number of rotatable bonds is 45. The van der Waals surface area contributed by atoms with Gasteiger partial charge in [0, 0.05) is 12.8 Å². The van der Waals surface area contributed by atoms with Gasteiger partial charge >= 0.3 is 17.9 Å². The minimum atomic E-state index is -0.829. The Bertz CT molecular complexity index is 1340. The maximum Gasteiger partial charge on any atom is 0.309 e. The number of hydrogen-bond donors (Lipinski definition) is 0. The number of carbonyl (C=O) groups excluding carboxylic acids is 3. The molecule has 0 rings (SSSR count). The lowest BCUT2D eigenvalue weighted by Gasteiger charge is -2.18. The van der Waals surface area contributed by atoms with Gasteiger partial charge in [-0.25, -0.2) is 0 Å². The van der Waals surface area contributed by atoms with E-state index in [1.807, 2.05) is 6.08 Å². The first kappa shape index (κ1) is 60.1. The zero-order chi connectivity index (χ0) is 46.5. The third-order valence-electron chi connectivity index (χ3n) is 10.6. The van der Waals surface area contributed by atoms with E-state index in [2.05, 4.69) is 118 Å². The third kappa shape index (κ3) is 49.1. The molecule has 0 aliphatic rings. The molecule has 0 saturated carbocycles. The molecule has 0 amide bonds. The molecule has 0 aromatic carbocycles. The van der Waals surface area contributed by atoms with Gasteiger partial charge in [-0.3, -0.25) is 14.4 Å². The minimum absolute atomic E-state index is 0.121. The molecule has 0 fully saturated rings. The molecule has 1 atom stereocenters. The molecule has 0 spiro atoms. The van der Waals surface area contributed by atoms with E-state index in [-0.39, 0.29) is 38.0 Å². The average Bonchev–Trinajstić information content (AvgIpc) is 3.29. The molecule has 1 unspecified atom stereocenters. The predicted molar refractivity (Wildman–Crippen MR) is 274 cm³/mol. The highest BCUT2D eigenvalue weighted by Crippen LogP contribution is 2.13. The number of esters is 3. The van der Waals surface area contributed by atoms with Crippen LogP contribution in [0.15, 0.2) is 109 Å². The van der Waals surface area contributed by atoms with Crippen molar-refractivity contribution in [2.75, 3.05) is 13.2 Å². The summed E-state index contributed by atoms with van der Waals surface area (Å²) in [6, 6.07) is 0. The molecule has 0 aliphatic heterocycles. The van der Waals surface area contributed by atoms with Crippen LogP contribution in [0.25, 0.3) is 0 Å². The minimum Gasteiger partial charge on any atom is -0.462 e. The molecule has 6 heteroatoms. The van der Waals surface area contributed by atoms with E-state index in [0.717, 1.165) is 116 Å². The van der Waals surface area contributed by atoms with Crippen molar-refractivity contribution < 1.29 is 28.6 Å². The smallest absolute Gasteiger partial charge is 0.309 e. The Morgan fingerprint density at radius 2 is 0.719 bits per heavy atom. The summed E-state index contributed by atoms with van der Waals surface area (Å²) in [4.78, 5) is 37.8. The van der Waals surface area contributed by atoms with Gasteiger partial charge < -0.3 is 14.2 Å². The van der Waals surface area contributed by atoms with Crippen molar-refractivity contribution in [3.63, 3.8) is 0 Å². The van der Waals surface area contributed by atoms with Gasteiger partial charge in [0.15, 0.2) is 6.10 Å². The largest absolute Gasteiger partial charge is 0.462 e. The lowest BCUT2D eigenvalue weighted by molar-refractivity contribution is -0.166. The van der Waals surface area contributed by atoms with E-state index in [9.17, 15) is 14.4 Å². The van der Waals surface area contributed by atoms with Gasteiger partial charge in [-0.1, -0.05) is 214 Å². The Balaban J connectivity index is 4.43. The molecular formula is C58H94O6. The molecule has 0 radical (unpaired) electrons. The lowest BCUT2D eigenvalue weighted by Crippen LogP contribution is -2.30. The second-order valence-electron chi connectivity index (χ2n) is 16.7.